The Hall–Kier alpha value is -3.12. The molecule has 5 rings (SSSR count). The summed E-state index contributed by atoms with van der Waals surface area (Å²) in [5.74, 6) is -0.945. The number of amides is 1. The molecule has 12 nitrogen and oxygen atoms in total. The van der Waals surface area contributed by atoms with Crippen molar-refractivity contribution in [3.63, 3.8) is 0 Å². The van der Waals surface area contributed by atoms with Crippen LogP contribution in [0, 0.1) is 5.92 Å². The summed E-state index contributed by atoms with van der Waals surface area (Å²) in [6, 6.07) is 8.90. The molecule has 3 aromatic rings. The summed E-state index contributed by atoms with van der Waals surface area (Å²) in [6.45, 7) is 7.46. The van der Waals surface area contributed by atoms with Crippen molar-refractivity contribution in [1.82, 2.24) is 18.9 Å². The topological polar surface area (TPSA) is 145 Å². The van der Waals surface area contributed by atoms with E-state index < -0.39 is 57.4 Å². The Balaban J connectivity index is 1.38. The monoisotopic (exact) mass is 659 g/mol. The van der Waals surface area contributed by atoms with Gasteiger partial charge in [0.25, 0.3) is 0 Å². The van der Waals surface area contributed by atoms with Crippen molar-refractivity contribution in [1.29, 1.82) is 0 Å². The molecule has 240 valence electrons. The predicted octanol–water partition coefficient (Wildman–Crippen LogP) is 5.37. The van der Waals surface area contributed by atoms with Gasteiger partial charge in [-0.2, -0.15) is 35.5 Å². The van der Waals surface area contributed by atoms with Crippen molar-refractivity contribution in [2.75, 3.05) is 11.9 Å². The van der Waals surface area contributed by atoms with Crippen LogP contribution in [-0.4, -0.2) is 80.2 Å². The molecule has 44 heavy (non-hydrogen) atoms. The number of fused-ring (bicyclic) bond motifs is 2. The van der Waals surface area contributed by atoms with Crippen molar-refractivity contribution in [2.24, 2.45) is 5.92 Å². The maximum atomic E-state index is 12.9. The summed E-state index contributed by atoms with van der Waals surface area (Å²) < 4.78 is 83.9. The average molecular weight is 660 g/mol. The van der Waals surface area contributed by atoms with Crippen LogP contribution in [0.2, 0.25) is 0 Å². The van der Waals surface area contributed by atoms with Gasteiger partial charge < -0.3 is 19.9 Å². The fraction of sp³-hybridized carbons (Fsp3) is 0.519. The van der Waals surface area contributed by atoms with Gasteiger partial charge in [-0.05, 0) is 71.0 Å². The first-order chi connectivity index (χ1) is 20.3. The minimum absolute atomic E-state index is 0.0283. The molecule has 4 atom stereocenters. The summed E-state index contributed by atoms with van der Waals surface area (Å²) in [7, 11) is -4.64. The number of carboxylic acid groups (broad SMARTS) is 1. The number of rotatable bonds is 8. The molecule has 1 aromatic carbocycles. The van der Waals surface area contributed by atoms with Crippen LogP contribution in [0.5, 0.6) is 0 Å². The van der Waals surface area contributed by atoms with Crippen LogP contribution in [-0.2, 0) is 24.0 Å². The van der Waals surface area contributed by atoms with Crippen LogP contribution in [0.4, 0.5) is 23.8 Å². The quantitative estimate of drug-likeness (QED) is 0.301. The van der Waals surface area contributed by atoms with Gasteiger partial charge in [-0.25, -0.2) is 9.78 Å². The lowest BCUT2D eigenvalue weighted by Gasteiger charge is -2.31. The molecule has 0 spiro atoms. The maximum absolute atomic E-state index is 12.9. The Morgan fingerprint density at radius 3 is 2.57 bits per heavy atom. The second-order valence-corrected chi connectivity index (χ2v) is 14.6. The first-order valence-electron chi connectivity index (χ1n) is 13.6. The second kappa shape index (κ2) is 11.3. The third-order valence-electron chi connectivity index (χ3n) is 7.07. The molecule has 1 amide bonds. The number of carbonyl (C=O) groups is 1. The van der Waals surface area contributed by atoms with E-state index in [-0.39, 0.29) is 27.6 Å². The molecule has 2 aromatic heterocycles. The summed E-state index contributed by atoms with van der Waals surface area (Å²) in [4.78, 5) is 16.1. The van der Waals surface area contributed by atoms with Gasteiger partial charge >= 0.3 is 21.9 Å². The first kappa shape index (κ1) is 32.3. The van der Waals surface area contributed by atoms with Gasteiger partial charge in [-0.3, -0.25) is 4.18 Å². The average Bonchev–Trinajstić information content (AvgIpc) is 3.52. The highest BCUT2D eigenvalue weighted by Gasteiger charge is 2.54. The zero-order valence-electron chi connectivity index (χ0n) is 24.4. The Kier molecular flexibility index (Phi) is 8.33. The maximum Gasteiger partial charge on any atom is 0.446 e. The number of halogens is 3. The van der Waals surface area contributed by atoms with E-state index in [1.165, 1.54) is 43.5 Å². The second-order valence-electron chi connectivity index (χ2n) is 12.0. The van der Waals surface area contributed by atoms with Crippen LogP contribution in [0.1, 0.15) is 41.0 Å². The van der Waals surface area contributed by atoms with Gasteiger partial charge in [0, 0.05) is 28.6 Å². The molecular formula is C27H32F3N5O7S2. The lowest BCUT2D eigenvalue weighted by Crippen LogP contribution is -2.49. The van der Waals surface area contributed by atoms with Crippen LogP contribution in [0.15, 0.2) is 47.5 Å². The Morgan fingerprint density at radius 2 is 1.91 bits per heavy atom. The zero-order chi connectivity index (χ0) is 32.2. The number of nitrogens with one attached hydrogen (secondary N) is 1. The predicted molar refractivity (Wildman–Crippen MR) is 154 cm³/mol. The molecule has 1 saturated carbocycles. The summed E-state index contributed by atoms with van der Waals surface area (Å²) in [6.07, 6.45) is -0.840. The lowest BCUT2D eigenvalue weighted by atomic mass is 10.1. The molecule has 17 heteroatoms. The normalized spacial score (nSPS) is 23.5. The number of thioether (sulfide) groups is 1. The molecule has 2 aliphatic rings. The number of nitrogens with zero attached hydrogens (tertiary/aromatic N) is 4. The third-order valence-corrected chi connectivity index (χ3v) is 9.38. The highest BCUT2D eigenvalue weighted by atomic mass is 32.2. The smallest absolute Gasteiger partial charge is 0.446 e. The fourth-order valence-electron chi connectivity index (χ4n) is 5.52. The molecular weight excluding hydrogens is 627 g/mol. The van der Waals surface area contributed by atoms with Crippen LogP contribution in [0.3, 0.4) is 0 Å². The zero-order valence-corrected chi connectivity index (χ0v) is 26.0. The van der Waals surface area contributed by atoms with E-state index in [1.807, 2.05) is 0 Å². The van der Waals surface area contributed by atoms with Gasteiger partial charge in [-0.15, -0.1) is 0 Å². The number of aromatic nitrogens is 3. The van der Waals surface area contributed by atoms with Crippen LogP contribution in [0.25, 0.3) is 16.9 Å². The van der Waals surface area contributed by atoms with Crippen molar-refractivity contribution in [3.8, 4) is 11.3 Å². The molecule has 2 fully saturated rings. The van der Waals surface area contributed by atoms with Gasteiger partial charge in [0.05, 0.1) is 30.0 Å². The Bertz CT molecular complexity index is 1660. The largest absolute Gasteiger partial charge is 0.464 e. The van der Waals surface area contributed by atoms with Crippen LogP contribution < -0.4 is 5.32 Å². The van der Waals surface area contributed by atoms with Gasteiger partial charge in [-0.1, -0.05) is 12.1 Å². The number of hydrogen-bond acceptors (Lipinski definition) is 10. The fourth-order valence-corrected chi connectivity index (χ4v) is 7.44. The van der Waals surface area contributed by atoms with Crippen molar-refractivity contribution < 1.29 is 45.1 Å². The van der Waals surface area contributed by atoms with E-state index in [1.54, 1.807) is 38.2 Å². The van der Waals surface area contributed by atoms with Crippen LogP contribution >= 0.6 is 11.8 Å². The Labute approximate surface area is 256 Å². The highest BCUT2D eigenvalue weighted by Crippen LogP contribution is 2.43. The molecule has 0 unspecified atom stereocenters. The van der Waals surface area contributed by atoms with E-state index in [9.17, 15) is 31.5 Å². The number of alkyl halides is 3. The highest BCUT2D eigenvalue weighted by molar-refractivity contribution is 8.00. The van der Waals surface area contributed by atoms with E-state index in [0.29, 0.717) is 29.1 Å². The van der Waals surface area contributed by atoms with E-state index in [0.717, 1.165) is 0 Å². The molecule has 2 N–H and O–H groups in total. The molecule has 3 heterocycles. The summed E-state index contributed by atoms with van der Waals surface area (Å²) in [5, 5.41) is 17.5. The number of anilines is 1. The Morgan fingerprint density at radius 1 is 1.20 bits per heavy atom. The molecule has 1 aliphatic carbocycles. The molecule has 0 radical (unpaired) electrons. The first-order valence-corrected chi connectivity index (χ1v) is 15.8. The third kappa shape index (κ3) is 6.91. The van der Waals surface area contributed by atoms with Crippen molar-refractivity contribution in [3.05, 3.63) is 42.6 Å². The van der Waals surface area contributed by atoms with Crippen molar-refractivity contribution in [2.45, 2.75) is 81.0 Å². The van der Waals surface area contributed by atoms with Gasteiger partial charge in [0.2, 0.25) is 0 Å². The number of ether oxygens (including phenoxy) is 2. The summed E-state index contributed by atoms with van der Waals surface area (Å²) in [5.41, 5.74) is -4.35. The minimum Gasteiger partial charge on any atom is -0.464 e. The molecule has 1 aliphatic heterocycles. The lowest BCUT2D eigenvalue weighted by molar-refractivity contribution is -0.158. The van der Waals surface area contributed by atoms with E-state index in [4.69, 9.17) is 13.7 Å². The minimum atomic E-state index is -4.64. The standard InChI is InChI=1S/C27H32F3N5O7S2/c1-25(2,3)35(24(36)37)44(38,39)40-14-16-12-19(23-22(16)41-26(4,5)42-23)32-20-9-10-31-21-13-18(33-34(20)21)15-7-6-8-17(11-15)43-27(28,29)30/h6-11,13,16,19,22-23,32H,12,14H2,1-5H3,(H,36,37)/t16-,19-,22-,23-/m1/s1. The van der Waals surface area contributed by atoms with Gasteiger partial charge in [0.1, 0.15) is 11.9 Å². The van der Waals surface area contributed by atoms with E-state index in [2.05, 4.69) is 15.4 Å². The van der Waals surface area contributed by atoms with E-state index >= 15 is 0 Å². The number of benzene rings is 1. The van der Waals surface area contributed by atoms with Gasteiger partial charge in [0.15, 0.2) is 11.4 Å². The van der Waals surface area contributed by atoms with Crippen molar-refractivity contribution >= 4 is 39.6 Å². The SMILES string of the molecule is CC1(C)O[C@@H]2[C@@H](COS(=O)(=O)N(C(=O)O)C(C)(C)C)C[C@@H](Nc3ccnc4cc(-c5cccc(SC(F)(F)F)c5)nn34)[C@H]2O1. The number of hydrogen-bond donors (Lipinski definition) is 2. The molecule has 0 bridgehead atoms. The summed E-state index contributed by atoms with van der Waals surface area (Å²) >= 11 is -0.209. The molecule has 1 saturated heterocycles.